The zero-order chi connectivity index (χ0) is 29.3. The highest BCUT2D eigenvalue weighted by atomic mass is 32.2. The van der Waals surface area contributed by atoms with Gasteiger partial charge in [-0.15, -0.1) is 0 Å². The monoisotopic (exact) mass is 594 g/mol. The van der Waals surface area contributed by atoms with Crippen molar-refractivity contribution in [2.24, 2.45) is 5.16 Å². The van der Waals surface area contributed by atoms with E-state index in [0.29, 0.717) is 84.1 Å². The van der Waals surface area contributed by atoms with Gasteiger partial charge in [0, 0.05) is 58.4 Å². The number of hydrogen-bond donors (Lipinski definition) is 1. The minimum Gasteiger partial charge on any atom is -0.480 e. The first-order chi connectivity index (χ1) is 19.5. The van der Waals surface area contributed by atoms with E-state index in [1.54, 1.807) is 9.80 Å². The number of nitrogens with zero attached hydrogens (tertiary/aromatic N) is 4. The van der Waals surface area contributed by atoms with Crippen molar-refractivity contribution in [3.05, 3.63) is 17.9 Å². The number of sulfone groups is 1. The van der Waals surface area contributed by atoms with Crippen molar-refractivity contribution in [1.29, 1.82) is 0 Å². The number of piperidine rings is 2. The summed E-state index contributed by atoms with van der Waals surface area (Å²) in [5.74, 6) is -1.64. The molecule has 1 amide bonds. The molecule has 4 aliphatic rings. The first-order valence-corrected chi connectivity index (χ1v) is 16.1. The van der Waals surface area contributed by atoms with Crippen LogP contribution in [-0.2, 0) is 24.2 Å². The predicted octanol–water partition coefficient (Wildman–Crippen LogP) is 3.80. The third-order valence-electron chi connectivity index (χ3n) is 8.19. The van der Waals surface area contributed by atoms with Crippen LogP contribution in [0.2, 0.25) is 0 Å². The van der Waals surface area contributed by atoms with Crippen LogP contribution in [0.1, 0.15) is 65.2 Å². The highest BCUT2D eigenvalue weighted by Crippen LogP contribution is 2.42. The van der Waals surface area contributed by atoms with Crippen LogP contribution in [0.4, 0.5) is 20.6 Å². The van der Waals surface area contributed by atoms with Crippen molar-refractivity contribution in [2.45, 2.75) is 93.6 Å². The van der Waals surface area contributed by atoms with Crippen LogP contribution in [0.25, 0.3) is 0 Å². The van der Waals surface area contributed by atoms with Gasteiger partial charge in [0.1, 0.15) is 18.0 Å². The number of hydrogen-bond acceptors (Lipinski definition) is 9. The lowest BCUT2D eigenvalue weighted by Gasteiger charge is -2.33. The van der Waals surface area contributed by atoms with Gasteiger partial charge >= 0.3 is 12.1 Å². The van der Waals surface area contributed by atoms with E-state index in [1.165, 1.54) is 6.07 Å². The first-order valence-electron chi connectivity index (χ1n) is 14.5. The molecule has 0 bridgehead atoms. The van der Waals surface area contributed by atoms with E-state index in [4.69, 9.17) is 9.57 Å². The van der Waals surface area contributed by atoms with Crippen molar-refractivity contribution in [3.63, 3.8) is 0 Å². The molecule has 11 nitrogen and oxygen atoms in total. The molecular weight excluding hydrogens is 555 g/mol. The van der Waals surface area contributed by atoms with Crippen LogP contribution in [0.5, 0.6) is 0 Å². The summed E-state index contributed by atoms with van der Waals surface area (Å²) in [5, 5.41) is 13.6. The van der Waals surface area contributed by atoms with Gasteiger partial charge in [0.25, 0.3) is 0 Å². The summed E-state index contributed by atoms with van der Waals surface area (Å²) in [7, 11) is -3.75. The van der Waals surface area contributed by atoms with Gasteiger partial charge in [0.2, 0.25) is 0 Å². The maximum atomic E-state index is 15.5. The van der Waals surface area contributed by atoms with Crippen molar-refractivity contribution in [2.75, 3.05) is 42.5 Å². The fraction of sp³-hybridized carbons (Fsp3) is 0.679. The molecule has 1 saturated carbocycles. The number of oxime groups is 1. The Morgan fingerprint density at radius 1 is 1.00 bits per heavy atom. The SMILES string of the molecule is CC(C)OC(=O)N1CCC(ON=C2CCN(c3cc(N4CCCC4C(=O)O)c(S(=O)(=O)C4CC4)cc3F)CC2)CC1. The molecule has 0 spiro atoms. The van der Waals surface area contributed by atoms with Crippen LogP contribution in [0, 0.1) is 5.82 Å². The van der Waals surface area contributed by atoms with Gasteiger partial charge in [-0.1, -0.05) is 5.16 Å². The average molecular weight is 595 g/mol. The summed E-state index contributed by atoms with van der Waals surface area (Å²) in [6.45, 7) is 6.07. The minimum atomic E-state index is -3.75. The number of carbonyl (C=O) groups is 2. The number of ether oxygens (including phenoxy) is 1. The topological polar surface area (TPSA) is 129 Å². The zero-order valence-electron chi connectivity index (χ0n) is 23.6. The Morgan fingerprint density at radius 2 is 1.68 bits per heavy atom. The molecule has 4 fully saturated rings. The summed E-state index contributed by atoms with van der Waals surface area (Å²) in [6.07, 6.45) is 3.97. The number of rotatable bonds is 8. The van der Waals surface area contributed by atoms with E-state index < -0.39 is 32.9 Å². The second-order valence-electron chi connectivity index (χ2n) is 11.6. The van der Waals surface area contributed by atoms with E-state index >= 15 is 4.39 Å². The quantitative estimate of drug-likeness (QED) is 0.447. The van der Waals surface area contributed by atoms with Gasteiger partial charge in [0.05, 0.1) is 33.3 Å². The molecule has 1 N–H and O–H groups in total. The van der Waals surface area contributed by atoms with Gasteiger partial charge in [-0.3, -0.25) is 0 Å². The molecule has 3 heterocycles. The summed E-state index contributed by atoms with van der Waals surface area (Å²) in [5.41, 5.74) is 1.41. The summed E-state index contributed by atoms with van der Waals surface area (Å²) in [6, 6.07) is 1.78. The highest BCUT2D eigenvalue weighted by Gasteiger charge is 2.42. The lowest BCUT2D eigenvalue weighted by Crippen LogP contribution is -2.41. The molecule has 41 heavy (non-hydrogen) atoms. The van der Waals surface area contributed by atoms with Gasteiger partial charge in [0.15, 0.2) is 9.84 Å². The Bertz CT molecular complexity index is 1280. The number of carboxylic acids is 1. The number of aliphatic carboxylic acids is 1. The third-order valence-corrected chi connectivity index (χ3v) is 10.5. The number of benzene rings is 1. The Labute approximate surface area is 240 Å². The first kappa shape index (κ1) is 29.4. The molecule has 1 aromatic rings. The van der Waals surface area contributed by atoms with Crippen molar-refractivity contribution in [1.82, 2.24) is 4.90 Å². The lowest BCUT2D eigenvalue weighted by atomic mass is 10.1. The Kier molecular flexibility index (Phi) is 8.62. The van der Waals surface area contributed by atoms with Gasteiger partial charge < -0.3 is 29.4 Å². The fourth-order valence-corrected chi connectivity index (χ4v) is 7.61. The Morgan fingerprint density at radius 3 is 2.29 bits per heavy atom. The summed E-state index contributed by atoms with van der Waals surface area (Å²) >= 11 is 0. The van der Waals surface area contributed by atoms with Crippen LogP contribution in [0.3, 0.4) is 0 Å². The van der Waals surface area contributed by atoms with Crippen molar-refractivity contribution in [3.8, 4) is 0 Å². The zero-order valence-corrected chi connectivity index (χ0v) is 24.4. The maximum absolute atomic E-state index is 15.5. The number of carboxylic acid groups (broad SMARTS) is 1. The molecule has 0 radical (unpaired) electrons. The van der Waals surface area contributed by atoms with Gasteiger partial charge in [-0.2, -0.15) is 0 Å². The Hall–Kier alpha value is -3.09. The second kappa shape index (κ2) is 12.0. The molecule has 1 unspecified atom stereocenters. The van der Waals surface area contributed by atoms with Crippen molar-refractivity contribution < 1.29 is 37.1 Å². The molecule has 3 aliphatic heterocycles. The molecule has 5 rings (SSSR count). The standard InChI is InChI=1S/C28H39FN4O7S/c1-18(2)39-28(36)32-14-9-20(10-15-32)40-30-19-7-12-31(13-8-19)24-17-25(33-11-3-4-23(33)27(34)35)26(16-22(24)29)41(37,38)21-5-6-21/h16-18,20-21,23H,3-15H2,1-2H3,(H,34,35). The number of likely N-dealkylation sites (tertiary alicyclic amines) is 1. The smallest absolute Gasteiger partial charge is 0.410 e. The normalized spacial score (nSPS) is 22.3. The van der Waals surface area contributed by atoms with E-state index in [2.05, 4.69) is 5.16 Å². The lowest BCUT2D eigenvalue weighted by molar-refractivity contribution is -0.138. The maximum Gasteiger partial charge on any atom is 0.410 e. The molecule has 0 aromatic heterocycles. The number of amides is 1. The van der Waals surface area contributed by atoms with E-state index in [0.717, 1.165) is 11.8 Å². The number of halogens is 1. The van der Waals surface area contributed by atoms with Gasteiger partial charge in [-0.25, -0.2) is 22.4 Å². The molecule has 13 heteroatoms. The van der Waals surface area contributed by atoms with E-state index in [9.17, 15) is 23.1 Å². The van der Waals surface area contributed by atoms with Gasteiger partial charge in [-0.05, 0) is 51.7 Å². The third kappa shape index (κ3) is 6.54. The summed E-state index contributed by atoms with van der Waals surface area (Å²) in [4.78, 5) is 34.8. The highest BCUT2D eigenvalue weighted by molar-refractivity contribution is 7.92. The van der Waals surface area contributed by atoms with Crippen LogP contribution in [0.15, 0.2) is 22.2 Å². The average Bonchev–Trinajstić information content (AvgIpc) is 3.69. The van der Waals surface area contributed by atoms with Crippen LogP contribution >= 0.6 is 0 Å². The predicted molar refractivity (Wildman–Crippen MR) is 151 cm³/mol. The largest absolute Gasteiger partial charge is 0.480 e. The molecule has 1 aromatic carbocycles. The van der Waals surface area contributed by atoms with E-state index in [-0.39, 0.29) is 34.6 Å². The minimum absolute atomic E-state index is 0.0905. The van der Waals surface area contributed by atoms with Crippen molar-refractivity contribution >= 4 is 39.0 Å². The van der Waals surface area contributed by atoms with E-state index in [1.807, 2.05) is 18.7 Å². The van der Waals surface area contributed by atoms with Crippen LogP contribution < -0.4 is 9.80 Å². The fourth-order valence-electron chi connectivity index (χ4n) is 5.76. The second-order valence-corrected chi connectivity index (χ2v) is 13.8. The molecule has 1 aliphatic carbocycles. The summed E-state index contributed by atoms with van der Waals surface area (Å²) < 4.78 is 47.2. The molecule has 1 atom stereocenters. The Balaban J connectivity index is 1.25. The number of carbonyl (C=O) groups excluding carboxylic acids is 1. The molecule has 3 saturated heterocycles. The number of anilines is 2. The molecule has 226 valence electrons. The molecular formula is C28H39FN4O7S. The van der Waals surface area contributed by atoms with Crippen LogP contribution in [-0.4, -0.2) is 92.4 Å².